The molecule has 0 amide bonds. The Bertz CT molecular complexity index is 433. The first-order chi connectivity index (χ1) is 8.63. The molecule has 1 aromatic rings. The number of benzene rings is 1. The lowest BCUT2D eigenvalue weighted by atomic mass is 9.90. The number of halogens is 3. The van der Waals surface area contributed by atoms with Crippen LogP contribution in [0.25, 0.3) is 0 Å². The highest BCUT2D eigenvalue weighted by Gasteiger charge is 2.22. The van der Waals surface area contributed by atoms with Crippen LogP contribution < -0.4 is 10.1 Å². The second-order valence-electron chi connectivity index (χ2n) is 4.56. The minimum Gasteiger partial charge on any atom is -0.493 e. The quantitative estimate of drug-likeness (QED) is 0.856. The molecule has 1 aliphatic rings. The smallest absolute Gasteiger partial charge is 0.167 e. The van der Waals surface area contributed by atoms with Crippen LogP contribution in [0.1, 0.15) is 18.4 Å². The van der Waals surface area contributed by atoms with Gasteiger partial charge in [-0.2, -0.15) is 0 Å². The van der Waals surface area contributed by atoms with Crippen molar-refractivity contribution in [3.05, 3.63) is 28.3 Å². The van der Waals surface area contributed by atoms with Gasteiger partial charge < -0.3 is 10.1 Å². The Balaban J connectivity index is 2.29. The second kappa shape index (κ2) is 5.85. The summed E-state index contributed by atoms with van der Waals surface area (Å²) in [7, 11) is 1.34. The van der Waals surface area contributed by atoms with Crippen LogP contribution in [-0.2, 0) is 6.42 Å². The summed E-state index contributed by atoms with van der Waals surface area (Å²) in [6.45, 7) is 1.83. The number of nitrogens with one attached hydrogen (secondary N) is 1. The zero-order valence-electron chi connectivity index (χ0n) is 10.2. The van der Waals surface area contributed by atoms with Crippen molar-refractivity contribution < 1.29 is 13.5 Å². The van der Waals surface area contributed by atoms with E-state index in [2.05, 4.69) is 5.32 Å². The van der Waals surface area contributed by atoms with Gasteiger partial charge in [-0.05, 0) is 44.3 Å². The number of ether oxygens (including phenoxy) is 1. The summed E-state index contributed by atoms with van der Waals surface area (Å²) in [6.07, 6.45) is 2.38. The van der Waals surface area contributed by atoms with Crippen LogP contribution in [0.2, 0.25) is 5.02 Å². The van der Waals surface area contributed by atoms with E-state index in [-0.39, 0.29) is 16.3 Å². The molecular weight excluding hydrogens is 260 g/mol. The van der Waals surface area contributed by atoms with Gasteiger partial charge >= 0.3 is 0 Å². The van der Waals surface area contributed by atoms with E-state index in [0.29, 0.717) is 12.3 Å². The monoisotopic (exact) mass is 275 g/mol. The van der Waals surface area contributed by atoms with E-state index >= 15 is 0 Å². The average molecular weight is 276 g/mol. The van der Waals surface area contributed by atoms with Crippen LogP contribution in [0, 0.1) is 17.6 Å². The minimum atomic E-state index is -0.604. The molecule has 0 spiro atoms. The van der Waals surface area contributed by atoms with Gasteiger partial charge in [0.25, 0.3) is 0 Å². The molecule has 1 fully saturated rings. The standard InChI is InChI=1S/C13H16ClF2NO/c1-18-13-9(6-8-2-4-17-5-3-8)12(16)10(14)7-11(13)15/h7-8,17H,2-6H2,1H3. The van der Waals surface area contributed by atoms with E-state index in [1.165, 1.54) is 7.11 Å². The summed E-state index contributed by atoms with van der Waals surface area (Å²) in [4.78, 5) is 0. The Kier molecular flexibility index (Phi) is 4.40. The molecule has 0 aliphatic carbocycles. The molecule has 0 atom stereocenters. The highest BCUT2D eigenvalue weighted by molar-refractivity contribution is 6.30. The number of rotatable bonds is 3. The third kappa shape index (κ3) is 2.75. The fourth-order valence-electron chi connectivity index (χ4n) is 2.41. The normalized spacial score (nSPS) is 16.9. The first-order valence-electron chi connectivity index (χ1n) is 6.04. The molecule has 1 heterocycles. The van der Waals surface area contributed by atoms with E-state index in [4.69, 9.17) is 16.3 Å². The van der Waals surface area contributed by atoms with Gasteiger partial charge in [0.2, 0.25) is 0 Å². The summed E-state index contributed by atoms with van der Waals surface area (Å²) in [5.41, 5.74) is 0.259. The largest absolute Gasteiger partial charge is 0.493 e. The number of methoxy groups -OCH3 is 1. The van der Waals surface area contributed by atoms with Gasteiger partial charge in [-0.25, -0.2) is 8.78 Å². The van der Waals surface area contributed by atoms with E-state index in [0.717, 1.165) is 32.0 Å². The van der Waals surface area contributed by atoms with Gasteiger partial charge in [0.1, 0.15) is 5.82 Å². The van der Waals surface area contributed by atoms with Crippen LogP contribution >= 0.6 is 11.6 Å². The molecule has 0 aromatic heterocycles. The molecule has 2 nitrogen and oxygen atoms in total. The molecule has 1 saturated heterocycles. The molecule has 1 N–H and O–H groups in total. The van der Waals surface area contributed by atoms with Gasteiger partial charge in [0.15, 0.2) is 11.6 Å². The van der Waals surface area contributed by atoms with Crippen molar-refractivity contribution in [2.45, 2.75) is 19.3 Å². The van der Waals surface area contributed by atoms with Crippen LogP contribution in [-0.4, -0.2) is 20.2 Å². The van der Waals surface area contributed by atoms with Gasteiger partial charge in [-0.3, -0.25) is 0 Å². The van der Waals surface area contributed by atoms with Gasteiger partial charge in [0.05, 0.1) is 12.1 Å². The predicted octanol–water partition coefficient (Wildman–Crippen LogP) is 3.17. The maximum Gasteiger partial charge on any atom is 0.167 e. The van der Waals surface area contributed by atoms with Crippen LogP contribution in [0.4, 0.5) is 8.78 Å². The SMILES string of the molecule is COc1c(F)cc(Cl)c(F)c1CC1CCNCC1. The fraction of sp³-hybridized carbons (Fsp3) is 0.538. The van der Waals surface area contributed by atoms with Crippen LogP contribution in [0.3, 0.4) is 0 Å². The van der Waals surface area contributed by atoms with Crippen molar-refractivity contribution in [2.24, 2.45) is 5.92 Å². The Morgan fingerprint density at radius 1 is 1.39 bits per heavy atom. The Labute approximate surface area is 110 Å². The molecule has 100 valence electrons. The molecular formula is C13H16ClF2NO. The lowest BCUT2D eigenvalue weighted by molar-refractivity contribution is 0.345. The van der Waals surface area contributed by atoms with Crippen molar-refractivity contribution in [1.82, 2.24) is 5.32 Å². The third-order valence-corrected chi connectivity index (χ3v) is 3.65. The maximum absolute atomic E-state index is 14.0. The predicted molar refractivity (Wildman–Crippen MR) is 67.2 cm³/mol. The highest BCUT2D eigenvalue weighted by atomic mass is 35.5. The van der Waals surface area contributed by atoms with E-state index in [9.17, 15) is 8.78 Å². The maximum atomic E-state index is 14.0. The first kappa shape index (κ1) is 13.6. The molecule has 0 unspecified atom stereocenters. The summed E-state index contributed by atoms with van der Waals surface area (Å²) in [6, 6.07) is 0.960. The fourth-order valence-corrected chi connectivity index (χ4v) is 2.62. The highest BCUT2D eigenvalue weighted by Crippen LogP contribution is 2.33. The molecule has 2 rings (SSSR count). The lowest BCUT2D eigenvalue weighted by Crippen LogP contribution is -2.29. The molecule has 1 aliphatic heterocycles. The van der Waals surface area contributed by atoms with Crippen molar-refractivity contribution in [1.29, 1.82) is 0 Å². The molecule has 18 heavy (non-hydrogen) atoms. The lowest BCUT2D eigenvalue weighted by Gasteiger charge is -2.23. The van der Waals surface area contributed by atoms with Crippen molar-refractivity contribution in [3.8, 4) is 5.75 Å². The summed E-state index contributed by atoms with van der Waals surface area (Å²) in [5.74, 6) is -0.843. The van der Waals surface area contributed by atoms with Gasteiger partial charge in [0, 0.05) is 5.56 Å². The number of hydrogen-bond acceptors (Lipinski definition) is 2. The van der Waals surface area contributed by atoms with Crippen molar-refractivity contribution in [2.75, 3.05) is 20.2 Å². The van der Waals surface area contributed by atoms with E-state index in [1.807, 2.05) is 0 Å². The second-order valence-corrected chi connectivity index (χ2v) is 4.97. The Hall–Kier alpha value is -0.870. The van der Waals surface area contributed by atoms with Crippen molar-refractivity contribution >= 4 is 11.6 Å². The van der Waals surface area contributed by atoms with Crippen LogP contribution in [0.5, 0.6) is 5.75 Å². The summed E-state index contributed by atoms with van der Waals surface area (Å²) >= 11 is 5.68. The third-order valence-electron chi connectivity index (χ3n) is 3.37. The van der Waals surface area contributed by atoms with E-state index in [1.54, 1.807) is 0 Å². The summed E-state index contributed by atoms with van der Waals surface area (Å²) < 4.78 is 32.6. The molecule has 1 aromatic carbocycles. The first-order valence-corrected chi connectivity index (χ1v) is 6.42. The number of hydrogen-bond donors (Lipinski definition) is 1. The van der Waals surface area contributed by atoms with Gasteiger partial charge in [-0.15, -0.1) is 0 Å². The van der Waals surface area contributed by atoms with E-state index < -0.39 is 11.6 Å². The average Bonchev–Trinajstić information content (AvgIpc) is 2.37. The Morgan fingerprint density at radius 2 is 2.06 bits per heavy atom. The molecule has 0 saturated carbocycles. The zero-order valence-corrected chi connectivity index (χ0v) is 11.0. The number of piperidine rings is 1. The minimum absolute atomic E-state index is 0.0181. The molecule has 0 bridgehead atoms. The summed E-state index contributed by atoms with van der Waals surface area (Å²) in [5, 5.41) is 3.06. The van der Waals surface area contributed by atoms with Crippen LogP contribution in [0.15, 0.2) is 6.07 Å². The van der Waals surface area contributed by atoms with Crippen molar-refractivity contribution in [3.63, 3.8) is 0 Å². The molecule has 0 radical (unpaired) electrons. The van der Waals surface area contributed by atoms with Gasteiger partial charge in [-0.1, -0.05) is 11.6 Å². The zero-order chi connectivity index (χ0) is 13.1. The Morgan fingerprint density at radius 3 is 2.67 bits per heavy atom. The topological polar surface area (TPSA) is 21.3 Å². The molecule has 5 heteroatoms.